The average Bonchev–Trinajstić information content (AvgIpc) is 3.07. The van der Waals surface area contributed by atoms with Crippen LogP contribution in [0.1, 0.15) is 25.0 Å². The summed E-state index contributed by atoms with van der Waals surface area (Å²) in [6.07, 6.45) is 0.909. The van der Waals surface area contributed by atoms with Gasteiger partial charge in [-0.2, -0.15) is 0 Å². The number of esters is 1. The number of nitrogen functional groups attached to an aromatic ring is 1. The zero-order valence-corrected chi connectivity index (χ0v) is 13.8. The first kappa shape index (κ1) is 15.6. The summed E-state index contributed by atoms with van der Waals surface area (Å²) in [5, 5.41) is 2.98. The highest BCUT2D eigenvalue weighted by molar-refractivity contribution is 5.90. The van der Waals surface area contributed by atoms with Crippen LogP contribution in [0, 0.1) is 5.92 Å². The smallest absolute Gasteiger partial charge is 0.332 e. The summed E-state index contributed by atoms with van der Waals surface area (Å²) in [4.78, 5) is 26.8. The molecule has 0 bridgehead atoms. The van der Waals surface area contributed by atoms with Gasteiger partial charge in [0.1, 0.15) is 5.54 Å². The summed E-state index contributed by atoms with van der Waals surface area (Å²) in [6, 6.07) is 5.48. The summed E-state index contributed by atoms with van der Waals surface area (Å²) in [5.41, 5.74) is 7.61. The topological polar surface area (TPSA) is 84.7 Å². The van der Waals surface area contributed by atoms with Gasteiger partial charge in [-0.25, -0.2) is 9.59 Å². The van der Waals surface area contributed by atoms with E-state index in [9.17, 15) is 9.59 Å². The molecule has 2 aliphatic rings. The van der Waals surface area contributed by atoms with Crippen molar-refractivity contribution in [3.63, 3.8) is 0 Å². The van der Waals surface area contributed by atoms with E-state index in [1.54, 1.807) is 4.90 Å². The molecule has 1 unspecified atom stereocenters. The second-order valence-electron chi connectivity index (χ2n) is 6.82. The number of nitrogens with one attached hydrogen (secondary N) is 1. The van der Waals surface area contributed by atoms with Crippen LogP contribution >= 0.6 is 0 Å². The SMILES string of the molecule is COC(=O)C1(N2C[C@@H](C(C)C)NC2=O)Cc2ccc(N)cc2C1. The van der Waals surface area contributed by atoms with E-state index in [-0.39, 0.29) is 18.0 Å². The van der Waals surface area contributed by atoms with Crippen molar-refractivity contribution in [1.82, 2.24) is 10.2 Å². The molecule has 0 spiro atoms. The zero-order valence-electron chi connectivity index (χ0n) is 13.8. The van der Waals surface area contributed by atoms with Gasteiger partial charge in [0.05, 0.1) is 13.2 Å². The van der Waals surface area contributed by atoms with Crippen LogP contribution in [0.2, 0.25) is 0 Å². The number of carbonyl (C=O) groups excluding carboxylic acids is 2. The lowest BCUT2D eigenvalue weighted by Gasteiger charge is -2.35. The number of ether oxygens (including phenoxy) is 1. The van der Waals surface area contributed by atoms with Gasteiger partial charge in [0, 0.05) is 25.1 Å². The predicted octanol–water partition coefficient (Wildman–Crippen LogP) is 1.33. The van der Waals surface area contributed by atoms with Gasteiger partial charge < -0.3 is 20.7 Å². The van der Waals surface area contributed by atoms with E-state index in [0.717, 1.165) is 11.1 Å². The summed E-state index contributed by atoms with van der Waals surface area (Å²) in [6.45, 7) is 4.63. The summed E-state index contributed by atoms with van der Waals surface area (Å²) in [5.74, 6) is -0.0649. The van der Waals surface area contributed by atoms with Crippen molar-refractivity contribution >= 4 is 17.7 Å². The third-order valence-electron chi connectivity index (χ3n) is 5.02. The lowest BCUT2D eigenvalue weighted by Crippen LogP contribution is -2.57. The average molecular weight is 317 g/mol. The van der Waals surface area contributed by atoms with Gasteiger partial charge in [0.15, 0.2) is 0 Å². The fourth-order valence-electron chi connectivity index (χ4n) is 3.62. The maximum atomic E-state index is 12.6. The van der Waals surface area contributed by atoms with E-state index in [0.29, 0.717) is 31.0 Å². The first-order valence-corrected chi connectivity index (χ1v) is 7.91. The molecule has 1 aliphatic heterocycles. The Balaban J connectivity index is 1.98. The van der Waals surface area contributed by atoms with E-state index in [4.69, 9.17) is 10.5 Å². The number of amides is 2. The van der Waals surface area contributed by atoms with Crippen molar-refractivity contribution in [2.45, 2.75) is 38.3 Å². The van der Waals surface area contributed by atoms with Gasteiger partial charge in [-0.15, -0.1) is 0 Å². The number of rotatable bonds is 3. The number of hydrogen-bond acceptors (Lipinski definition) is 4. The van der Waals surface area contributed by atoms with E-state index < -0.39 is 5.54 Å². The largest absolute Gasteiger partial charge is 0.467 e. The number of nitrogens with two attached hydrogens (primary N) is 1. The van der Waals surface area contributed by atoms with Gasteiger partial charge in [-0.1, -0.05) is 19.9 Å². The van der Waals surface area contributed by atoms with Crippen molar-refractivity contribution in [2.75, 3.05) is 19.4 Å². The molecule has 0 saturated carbocycles. The number of nitrogens with zero attached hydrogens (tertiary/aromatic N) is 1. The highest BCUT2D eigenvalue weighted by Crippen LogP contribution is 2.38. The first-order valence-electron chi connectivity index (χ1n) is 7.91. The molecule has 23 heavy (non-hydrogen) atoms. The molecular weight excluding hydrogens is 294 g/mol. The monoisotopic (exact) mass is 317 g/mol. The Morgan fingerprint density at radius 1 is 1.39 bits per heavy atom. The Labute approximate surface area is 136 Å². The lowest BCUT2D eigenvalue weighted by molar-refractivity contribution is -0.152. The molecule has 6 nitrogen and oxygen atoms in total. The lowest BCUT2D eigenvalue weighted by atomic mass is 9.92. The van der Waals surface area contributed by atoms with Gasteiger partial charge >= 0.3 is 12.0 Å². The maximum Gasteiger partial charge on any atom is 0.332 e. The number of urea groups is 1. The van der Waals surface area contributed by atoms with E-state index >= 15 is 0 Å². The summed E-state index contributed by atoms with van der Waals surface area (Å²) in [7, 11) is 1.37. The zero-order chi connectivity index (χ0) is 16.8. The fraction of sp³-hybridized carbons (Fsp3) is 0.529. The van der Waals surface area contributed by atoms with Gasteiger partial charge in [0.2, 0.25) is 0 Å². The highest BCUT2D eigenvalue weighted by Gasteiger charge is 2.54. The number of carbonyl (C=O) groups is 2. The molecular formula is C17H23N3O3. The third kappa shape index (κ3) is 2.42. The summed E-state index contributed by atoms with van der Waals surface area (Å²) < 4.78 is 5.06. The molecule has 2 atom stereocenters. The minimum atomic E-state index is -0.974. The molecule has 1 heterocycles. The second-order valence-corrected chi connectivity index (χ2v) is 6.82. The minimum absolute atomic E-state index is 0.0396. The molecule has 6 heteroatoms. The van der Waals surface area contributed by atoms with Crippen molar-refractivity contribution < 1.29 is 14.3 Å². The van der Waals surface area contributed by atoms with E-state index in [1.807, 2.05) is 18.2 Å². The number of hydrogen-bond donors (Lipinski definition) is 2. The molecule has 2 amide bonds. The normalized spacial score (nSPS) is 26.3. The van der Waals surface area contributed by atoms with E-state index in [1.165, 1.54) is 7.11 Å². The second kappa shape index (κ2) is 5.44. The van der Waals surface area contributed by atoms with Gasteiger partial charge in [-0.3, -0.25) is 0 Å². The molecule has 124 valence electrons. The Bertz CT molecular complexity index is 658. The van der Waals surface area contributed by atoms with Crippen LogP contribution in [0.15, 0.2) is 18.2 Å². The van der Waals surface area contributed by atoms with Crippen LogP contribution in [0.3, 0.4) is 0 Å². The Hall–Kier alpha value is -2.24. The molecule has 0 aromatic heterocycles. The molecule has 1 aliphatic carbocycles. The minimum Gasteiger partial charge on any atom is -0.467 e. The maximum absolute atomic E-state index is 12.6. The van der Waals surface area contributed by atoms with Crippen molar-refractivity contribution in [2.24, 2.45) is 5.92 Å². The number of benzene rings is 1. The molecule has 3 N–H and O–H groups in total. The highest BCUT2D eigenvalue weighted by atomic mass is 16.5. The Morgan fingerprint density at radius 3 is 2.70 bits per heavy atom. The number of anilines is 1. The molecule has 1 fully saturated rings. The molecule has 1 aromatic rings. The van der Waals surface area contributed by atoms with Gasteiger partial charge in [-0.05, 0) is 29.2 Å². The first-order chi connectivity index (χ1) is 10.9. The predicted molar refractivity (Wildman–Crippen MR) is 86.9 cm³/mol. The summed E-state index contributed by atoms with van der Waals surface area (Å²) >= 11 is 0. The van der Waals surface area contributed by atoms with Crippen LogP contribution < -0.4 is 11.1 Å². The standard InChI is InChI=1S/C17H23N3O3/c1-10(2)14-9-20(16(22)19-14)17(15(21)23-3)7-11-4-5-13(18)6-12(11)8-17/h4-6,10,14H,7-9,18H2,1-3H3,(H,19,22)/t14-,17?/m0/s1. The fourth-order valence-corrected chi connectivity index (χ4v) is 3.62. The van der Waals surface area contributed by atoms with Crippen LogP contribution in [0.25, 0.3) is 0 Å². The Kier molecular flexibility index (Phi) is 3.70. The van der Waals surface area contributed by atoms with E-state index in [2.05, 4.69) is 19.2 Å². The van der Waals surface area contributed by atoms with Crippen LogP contribution in [-0.2, 0) is 22.4 Å². The molecule has 0 radical (unpaired) electrons. The van der Waals surface area contributed by atoms with Crippen molar-refractivity contribution in [1.29, 1.82) is 0 Å². The quantitative estimate of drug-likeness (QED) is 0.650. The molecule has 1 saturated heterocycles. The van der Waals surface area contributed by atoms with Crippen molar-refractivity contribution in [3.05, 3.63) is 29.3 Å². The van der Waals surface area contributed by atoms with Crippen LogP contribution in [0.4, 0.5) is 10.5 Å². The van der Waals surface area contributed by atoms with Crippen LogP contribution in [-0.4, -0.2) is 42.1 Å². The van der Waals surface area contributed by atoms with Crippen LogP contribution in [0.5, 0.6) is 0 Å². The molecule has 3 rings (SSSR count). The van der Waals surface area contributed by atoms with Crippen molar-refractivity contribution in [3.8, 4) is 0 Å². The van der Waals surface area contributed by atoms with Gasteiger partial charge in [0.25, 0.3) is 0 Å². The number of methoxy groups -OCH3 is 1. The Morgan fingerprint density at radius 2 is 2.09 bits per heavy atom. The number of fused-ring (bicyclic) bond motifs is 1. The molecule has 1 aromatic carbocycles. The third-order valence-corrected chi connectivity index (χ3v) is 5.02.